The van der Waals surface area contributed by atoms with Gasteiger partial charge in [0.25, 0.3) is 0 Å². The molecule has 2 nitrogen and oxygen atoms in total. The molecule has 0 aliphatic carbocycles. The van der Waals surface area contributed by atoms with E-state index in [-0.39, 0.29) is 0 Å². The van der Waals surface area contributed by atoms with E-state index in [0.29, 0.717) is 0 Å². The monoisotopic (exact) mass is 1100 g/mol. The van der Waals surface area contributed by atoms with Crippen LogP contribution in [0.25, 0.3) is 16.9 Å². The summed E-state index contributed by atoms with van der Waals surface area (Å²) in [7, 11) is 0. The number of hydrogen-bond acceptors (Lipinski definition) is 0. The zero-order valence-electron chi connectivity index (χ0n) is 53.0. The molecule has 1 aliphatic heterocycles. The molecule has 0 spiro atoms. The van der Waals surface area contributed by atoms with Crippen molar-refractivity contribution in [3.8, 4) is 0 Å². The molecule has 0 fully saturated rings. The molecular formula is C74H130N2Ni. The Balaban J connectivity index is 0.000000682. The third-order valence-electron chi connectivity index (χ3n) is 16.5. The summed E-state index contributed by atoms with van der Waals surface area (Å²) in [6.07, 6.45) is 63.6. The van der Waals surface area contributed by atoms with Crippen molar-refractivity contribution in [1.82, 2.24) is 0 Å². The molecule has 1 aliphatic rings. The predicted molar refractivity (Wildman–Crippen MR) is 343 cm³/mol. The van der Waals surface area contributed by atoms with E-state index < -0.39 is 0 Å². The van der Waals surface area contributed by atoms with Crippen molar-refractivity contribution >= 4 is 11.4 Å². The van der Waals surface area contributed by atoms with Gasteiger partial charge in [0, 0.05) is 22.3 Å². The molecule has 3 rings (SSSR count). The van der Waals surface area contributed by atoms with Crippen molar-refractivity contribution in [2.75, 3.05) is 0 Å². The van der Waals surface area contributed by atoms with E-state index in [9.17, 15) is 5.53 Å². The fourth-order valence-electron chi connectivity index (χ4n) is 11.6. The van der Waals surface area contributed by atoms with Crippen LogP contribution >= 0.6 is 0 Å². The standard InChI is InChI=1S/C50H80N2.2C12H25.Ni/c1-7-13-19-24-29-41-35-42(30-25-20-14-8-2)38-45(37-41)49-47(33-18-12-6)48(34-28-23-17-11-5)50(52(49)51)46-39-43(31-26-21-15-9-3)36-44(40-46)32-27-22-16-10-4;2*1-3-5-7-9-11-12-10-8-6-4-2;/h35-40H,7-34H2,1-6H3;2*1,3-12H2,2H3;. The van der Waals surface area contributed by atoms with Crippen LogP contribution in [0.4, 0.5) is 0 Å². The molecular weight excluding hydrogens is 976 g/mol. The average molecular weight is 1110 g/mol. The molecule has 3 heteroatoms. The van der Waals surface area contributed by atoms with E-state index in [1.54, 1.807) is 4.70 Å². The van der Waals surface area contributed by atoms with Crippen LogP contribution in [0, 0.1) is 0 Å². The number of aryl methyl sites for hydroxylation is 4. The van der Waals surface area contributed by atoms with Gasteiger partial charge in [0.05, 0.1) is 0 Å². The Morgan fingerprint density at radius 3 is 0.753 bits per heavy atom. The molecule has 1 heterocycles. The number of rotatable bonds is 52. The van der Waals surface area contributed by atoms with Crippen molar-refractivity contribution in [3.05, 3.63) is 86.5 Å². The summed E-state index contributed by atoms with van der Waals surface area (Å²) in [6, 6.07) is 14.8. The Hall–Kier alpha value is -1.99. The Morgan fingerprint density at radius 2 is 0.481 bits per heavy atom. The Kier molecular flexibility index (Phi) is 47.0. The molecule has 0 saturated carbocycles. The molecule has 0 unspecified atom stereocenters. The topological polar surface area (TPSA) is 25.3 Å². The normalized spacial score (nSPS) is 12.7. The predicted octanol–water partition coefficient (Wildman–Crippen LogP) is 26.3. The van der Waals surface area contributed by atoms with Gasteiger partial charge in [-0.15, -0.1) is 0 Å². The van der Waals surface area contributed by atoms with Crippen LogP contribution in [-0.2, 0) is 40.1 Å². The van der Waals surface area contributed by atoms with Crippen molar-refractivity contribution in [1.29, 1.82) is 0 Å². The van der Waals surface area contributed by atoms with Crippen LogP contribution in [0.2, 0.25) is 10.8 Å². The fraction of sp³-hybridized carbons (Fsp3) is 0.784. The number of hydrogen-bond donors (Lipinski definition) is 0. The van der Waals surface area contributed by atoms with Crippen molar-refractivity contribution in [2.45, 2.75) is 374 Å². The van der Waals surface area contributed by atoms with E-state index >= 15 is 0 Å². The summed E-state index contributed by atoms with van der Waals surface area (Å²) in [6.45, 7) is 18.4. The number of allylic oxidation sites excluding steroid dienone is 2. The van der Waals surface area contributed by atoms with Gasteiger partial charge in [0.15, 0.2) is 0 Å². The molecule has 0 saturated heterocycles. The summed E-state index contributed by atoms with van der Waals surface area (Å²) in [5.74, 6) is 0. The Morgan fingerprint density at radius 1 is 0.260 bits per heavy atom. The third-order valence-corrected chi connectivity index (χ3v) is 17.9. The number of benzene rings is 2. The zero-order valence-corrected chi connectivity index (χ0v) is 54.0. The van der Waals surface area contributed by atoms with Crippen molar-refractivity contribution < 1.29 is 19.1 Å². The van der Waals surface area contributed by atoms with Gasteiger partial charge in [0.2, 0.25) is 11.4 Å². The van der Waals surface area contributed by atoms with Gasteiger partial charge in [-0.05, 0) is 124 Å². The molecule has 77 heavy (non-hydrogen) atoms. The van der Waals surface area contributed by atoms with Crippen LogP contribution in [0.15, 0.2) is 47.5 Å². The summed E-state index contributed by atoms with van der Waals surface area (Å²) in [5, 5.41) is 2.86. The van der Waals surface area contributed by atoms with E-state index in [4.69, 9.17) is 0 Å². The number of nitrogens with zero attached hydrogens (tertiary/aromatic N) is 2. The average Bonchev–Trinajstić information content (AvgIpc) is 3.78. The maximum atomic E-state index is 12.7. The fourth-order valence-corrected chi connectivity index (χ4v) is 12.9. The SMILES string of the molecule is CCCCCCC1=C(c2cc(CCCCCC)cc(CCCCCC)c2)[N+](=[N-])C(c2cc(CCCCCC)cc(CCCCCC)c2)=C1CCCC.CCCCCCCCCCC[CH2][Ni][CH2]CCCCCCCCCCC. The molecule has 446 valence electrons. The Bertz CT molecular complexity index is 1680. The molecule has 2 aromatic rings. The Labute approximate surface area is 488 Å². The first-order valence-corrected chi connectivity index (χ1v) is 36.0. The van der Waals surface area contributed by atoms with E-state index in [1.807, 2.05) is 14.4 Å². The molecule has 0 aromatic heterocycles. The third kappa shape index (κ3) is 34.2. The summed E-state index contributed by atoms with van der Waals surface area (Å²) in [5.41, 5.74) is 26.0. The molecule has 0 N–H and O–H groups in total. The first-order valence-electron chi connectivity index (χ1n) is 34.6. The molecule has 0 radical (unpaired) electrons. The van der Waals surface area contributed by atoms with Gasteiger partial charge in [-0.1, -0.05) is 156 Å². The van der Waals surface area contributed by atoms with Crippen LogP contribution in [0.1, 0.15) is 371 Å². The van der Waals surface area contributed by atoms with Gasteiger partial charge < -0.3 is 5.53 Å². The summed E-state index contributed by atoms with van der Waals surface area (Å²) >= 11 is 2.03. The maximum absolute atomic E-state index is 12.7. The van der Waals surface area contributed by atoms with E-state index in [2.05, 4.69) is 91.8 Å². The second-order valence-corrected chi connectivity index (χ2v) is 25.5. The van der Waals surface area contributed by atoms with E-state index in [1.165, 1.54) is 312 Å². The molecule has 2 aromatic carbocycles. The first-order chi connectivity index (χ1) is 37.9. The molecule has 0 atom stereocenters. The van der Waals surface area contributed by atoms with Gasteiger partial charge in [-0.2, -0.15) is 0 Å². The quantitative estimate of drug-likeness (QED) is 0.0358. The van der Waals surface area contributed by atoms with Gasteiger partial charge >= 0.3 is 167 Å². The van der Waals surface area contributed by atoms with Gasteiger partial charge in [0.1, 0.15) is 0 Å². The van der Waals surface area contributed by atoms with Crippen LogP contribution in [-0.4, -0.2) is 4.70 Å². The number of unbranched alkanes of at least 4 members (excludes halogenated alkanes) is 34. The first kappa shape index (κ1) is 71.1. The molecule has 0 amide bonds. The van der Waals surface area contributed by atoms with Gasteiger partial charge in [-0.25, -0.2) is 4.70 Å². The molecule has 0 bridgehead atoms. The van der Waals surface area contributed by atoms with Crippen LogP contribution < -0.4 is 0 Å². The zero-order chi connectivity index (χ0) is 55.7. The second kappa shape index (κ2) is 50.9. The van der Waals surface area contributed by atoms with Crippen LogP contribution in [0.3, 0.4) is 0 Å². The second-order valence-electron chi connectivity index (χ2n) is 24.0. The van der Waals surface area contributed by atoms with Crippen molar-refractivity contribution in [3.63, 3.8) is 0 Å². The van der Waals surface area contributed by atoms with Crippen molar-refractivity contribution in [2.24, 2.45) is 0 Å². The minimum atomic E-state index is 1.03. The minimum absolute atomic E-state index is 1.03. The van der Waals surface area contributed by atoms with Crippen LogP contribution in [0.5, 0.6) is 0 Å². The summed E-state index contributed by atoms with van der Waals surface area (Å²) < 4.78 is 1.69. The van der Waals surface area contributed by atoms with Gasteiger partial charge in [-0.3, -0.25) is 0 Å². The van der Waals surface area contributed by atoms with E-state index in [0.717, 1.165) is 62.8 Å². The summed E-state index contributed by atoms with van der Waals surface area (Å²) in [4.78, 5) is 0.